The Labute approximate surface area is 84.6 Å². The Bertz CT molecular complexity index is 336. The second-order valence-corrected chi connectivity index (χ2v) is 3.11. The summed E-state index contributed by atoms with van der Waals surface area (Å²) in [5.74, 6) is -0.372. The molecule has 0 aliphatic carbocycles. The first-order valence-electron chi connectivity index (χ1n) is 3.59. The van der Waals surface area contributed by atoms with Crippen LogP contribution in [0.1, 0.15) is 5.56 Å². The molecule has 0 spiro atoms. The smallest absolute Gasteiger partial charge is 0.330 e. The molecule has 3 nitrogen and oxygen atoms in total. The number of carbonyl (C=O) groups is 1. The Morgan fingerprint density at radius 3 is 3.08 bits per heavy atom. The van der Waals surface area contributed by atoms with E-state index >= 15 is 0 Å². The number of halogens is 1. The number of hydrogen-bond donors (Lipinski definition) is 0. The van der Waals surface area contributed by atoms with E-state index in [-0.39, 0.29) is 5.97 Å². The van der Waals surface area contributed by atoms with Crippen LogP contribution in [0.2, 0.25) is 0 Å². The maximum absolute atomic E-state index is 10.8. The lowest BCUT2D eigenvalue weighted by Gasteiger charge is -1.95. The highest BCUT2D eigenvalue weighted by Gasteiger charge is 1.95. The molecule has 4 heteroatoms. The van der Waals surface area contributed by atoms with E-state index < -0.39 is 0 Å². The van der Waals surface area contributed by atoms with Crippen LogP contribution in [0.25, 0.3) is 6.08 Å². The Kier molecular flexibility index (Phi) is 3.64. The number of rotatable bonds is 2. The summed E-state index contributed by atoms with van der Waals surface area (Å²) in [6.07, 6.45) is 6.34. The third-order valence-corrected chi connectivity index (χ3v) is 2.07. The zero-order valence-corrected chi connectivity index (χ0v) is 8.61. The summed E-state index contributed by atoms with van der Waals surface area (Å²) < 4.78 is 5.30. The van der Waals surface area contributed by atoms with E-state index in [0.717, 1.165) is 10.0 Å². The van der Waals surface area contributed by atoms with Crippen molar-refractivity contribution in [2.24, 2.45) is 0 Å². The number of aromatic nitrogens is 1. The summed E-state index contributed by atoms with van der Waals surface area (Å²) >= 11 is 3.30. The fourth-order valence-electron chi connectivity index (χ4n) is 0.747. The van der Waals surface area contributed by atoms with Gasteiger partial charge in [-0.25, -0.2) is 4.79 Å². The quantitative estimate of drug-likeness (QED) is 0.588. The first-order valence-corrected chi connectivity index (χ1v) is 4.39. The zero-order chi connectivity index (χ0) is 9.68. The van der Waals surface area contributed by atoms with Crippen molar-refractivity contribution in [2.75, 3.05) is 7.11 Å². The number of carbonyl (C=O) groups excluding carboxylic acids is 1. The molecule has 1 aromatic rings. The molecule has 0 radical (unpaired) electrons. The van der Waals surface area contributed by atoms with Gasteiger partial charge in [-0.2, -0.15) is 0 Å². The summed E-state index contributed by atoms with van der Waals surface area (Å²) in [7, 11) is 1.34. The largest absolute Gasteiger partial charge is 0.466 e. The lowest BCUT2D eigenvalue weighted by Crippen LogP contribution is -1.93. The summed E-state index contributed by atoms with van der Waals surface area (Å²) in [5, 5.41) is 0. The average molecular weight is 242 g/mol. The van der Waals surface area contributed by atoms with Crippen molar-refractivity contribution in [3.63, 3.8) is 0 Å². The van der Waals surface area contributed by atoms with Crippen LogP contribution in [0.3, 0.4) is 0 Å². The first kappa shape index (κ1) is 9.92. The summed E-state index contributed by atoms with van der Waals surface area (Å²) in [6, 6.07) is 1.80. The van der Waals surface area contributed by atoms with Crippen molar-refractivity contribution in [3.05, 3.63) is 34.6 Å². The average Bonchev–Trinajstić information content (AvgIpc) is 2.16. The maximum atomic E-state index is 10.8. The van der Waals surface area contributed by atoms with E-state index in [1.807, 2.05) is 0 Å². The van der Waals surface area contributed by atoms with Crippen LogP contribution in [-0.4, -0.2) is 18.1 Å². The van der Waals surface area contributed by atoms with Gasteiger partial charge in [-0.15, -0.1) is 0 Å². The van der Waals surface area contributed by atoms with Crippen molar-refractivity contribution < 1.29 is 9.53 Å². The zero-order valence-electron chi connectivity index (χ0n) is 7.03. The minimum atomic E-state index is -0.372. The van der Waals surface area contributed by atoms with Crippen LogP contribution in [-0.2, 0) is 9.53 Å². The van der Waals surface area contributed by atoms with Gasteiger partial charge in [0.15, 0.2) is 0 Å². The van der Waals surface area contributed by atoms with Gasteiger partial charge in [0.05, 0.1) is 7.11 Å². The molecule has 1 aromatic heterocycles. The number of hydrogen-bond acceptors (Lipinski definition) is 3. The Hall–Kier alpha value is -1.16. The Morgan fingerprint density at radius 2 is 2.46 bits per heavy atom. The molecule has 1 heterocycles. The van der Waals surface area contributed by atoms with E-state index in [9.17, 15) is 4.79 Å². The molecule has 0 unspecified atom stereocenters. The molecule has 0 atom stereocenters. The second-order valence-electron chi connectivity index (χ2n) is 2.25. The van der Waals surface area contributed by atoms with E-state index in [1.54, 1.807) is 24.5 Å². The van der Waals surface area contributed by atoms with Gasteiger partial charge in [0.1, 0.15) is 0 Å². The number of pyridine rings is 1. The molecule has 0 fully saturated rings. The number of methoxy groups -OCH3 is 1. The molecule has 0 saturated carbocycles. The van der Waals surface area contributed by atoms with Crippen LogP contribution >= 0.6 is 15.9 Å². The molecular weight excluding hydrogens is 234 g/mol. The van der Waals surface area contributed by atoms with E-state index in [4.69, 9.17) is 0 Å². The molecule has 0 aliphatic heterocycles. The minimum absolute atomic E-state index is 0.372. The molecule has 0 aliphatic rings. The van der Waals surface area contributed by atoms with Crippen LogP contribution in [0, 0.1) is 0 Å². The van der Waals surface area contributed by atoms with Crippen molar-refractivity contribution in [2.45, 2.75) is 0 Å². The third-order valence-electron chi connectivity index (χ3n) is 1.40. The molecule has 0 aromatic carbocycles. The van der Waals surface area contributed by atoms with Gasteiger partial charge >= 0.3 is 5.97 Å². The topological polar surface area (TPSA) is 39.2 Å². The van der Waals surface area contributed by atoms with Crippen LogP contribution in [0.5, 0.6) is 0 Å². The predicted molar refractivity (Wildman–Crippen MR) is 53.0 cm³/mol. The normalized spacial score (nSPS) is 10.3. The fraction of sp³-hybridized carbons (Fsp3) is 0.111. The molecule has 0 N–H and O–H groups in total. The Morgan fingerprint density at radius 1 is 1.69 bits per heavy atom. The summed E-state index contributed by atoms with van der Waals surface area (Å²) in [5.41, 5.74) is 0.889. The number of ether oxygens (including phenoxy) is 1. The number of nitrogens with zero attached hydrogens (tertiary/aromatic N) is 1. The highest BCUT2D eigenvalue weighted by Crippen LogP contribution is 2.15. The van der Waals surface area contributed by atoms with Crippen molar-refractivity contribution in [1.29, 1.82) is 0 Å². The standard InChI is InChI=1S/C9H8BrNO2/c1-13-9(12)3-2-7-4-5-11-6-8(7)10/h2-6H,1H3/b3-2+. The molecule has 0 saturated heterocycles. The van der Waals surface area contributed by atoms with Gasteiger partial charge in [0, 0.05) is 22.9 Å². The molecule has 13 heavy (non-hydrogen) atoms. The van der Waals surface area contributed by atoms with Gasteiger partial charge in [-0.1, -0.05) is 0 Å². The fourth-order valence-corrected chi connectivity index (χ4v) is 1.13. The van der Waals surface area contributed by atoms with Crippen molar-refractivity contribution >= 4 is 28.0 Å². The Balaban J connectivity index is 2.80. The van der Waals surface area contributed by atoms with Crippen molar-refractivity contribution in [1.82, 2.24) is 4.98 Å². The third kappa shape index (κ3) is 2.99. The summed E-state index contributed by atoms with van der Waals surface area (Å²) in [6.45, 7) is 0. The number of esters is 1. The summed E-state index contributed by atoms with van der Waals surface area (Å²) in [4.78, 5) is 14.7. The SMILES string of the molecule is COC(=O)/C=C/c1ccncc1Br. The lowest BCUT2D eigenvalue weighted by atomic mass is 10.2. The van der Waals surface area contributed by atoms with Gasteiger partial charge in [-0.05, 0) is 33.6 Å². The van der Waals surface area contributed by atoms with Crippen LogP contribution in [0.15, 0.2) is 29.0 Å². The predicted octanol–water partition coefficient (Wildman–Crippen LogP) is 2.03. The molecule has 68 valence electrons. The van der Waals surface area contributed by atoms with E-state index in [2.05, 4.69) is 25.7 Å². The monoisotopic (exact) mass is 241 g/mol. The van der Waals surface area contributed by atoms with Crippen molar-refractivity contribution in [3.8, 4) is 0 Å². The van der Waals surface area contributed by atoms with Gasteiger partial charge in [0.25, 0.3) is 0 Å². The minimum Gasteiger partial charge on any atom is -0.466 e. The van der Waals surface area contributed by atoms with Gasteiger partial charge in [0.2, 0.25) is 0 Å². The highest BCUT2D eigenvalue weighted by molar-refractivity contribution is 9.10. The molecule has 0 bridgehead atoms. The second kappa shape index (κ2) is 4.77. The highest BCUT2D eigenvalue weighted by atomic mass is 79.9. The van der Waals surface area contributed by atoms with Gasteiger partial charge in [-0.3, -0.25) is 4.98 Å². The molecular formula is C9H8BrNO2. The van der Waals surface area contributed by atoms with E-state index in [0.29, 0.717) is 0 Å². The lowest BCUT2D eigenvalue weighted by molar-refractivity contribution is -0.134. The molecule has 0 amide bonds. The van der Waals surface area contributed by atoms with E-state index in [1.165, 1.54) is 13.2 Å². The van der Waals surface area contributed by atoms with Gasteiger partial charge < -0.3 is 4.74 Å². The van der Waals surface area contributed by atoms with Crippen LogP contribution < -0.4 is 0 Å². The molecule has 1 rings (SSSR count). The first-order chi connectivity index (χ1) is 6.24. The maximum Gasteiger partial charge on any atom is 0.330 e. The van der Waals surface area contributed by atoms with Crippen LogP contribution in [0.4, 0.5) is 0 Å².